The van der Waals surface area contributed by atoms with Crippen LogP contribution in [0.15, 0.2) is 41.0 Å². The number of hydrogen-bond acceptors (Lipinski definition) is 2. The van der Waals surface area contributed by atoms with Crippen molar-refractivity contribution in [2.75, 3.05) is 0 Å². The fraction of sp³-hybridized carbons (Fsp3) is 0.0769. The van der Waals surface area contributed by atoms with Gasteiger partial charge in [0.2, 0.25) is 5.78 Å². The van der Waals surface area contributed by atoms with Gasteiger partial charge in [0, 0.05) is 16.2 Å². The smallest absolute Gasteiger partial charge is 0.287 e. The molecule has 0 aliphatic carbocycles. The minimum atomic E-state index is -4.79. The fourth-order valence-electron chi connectivity index (χ4n) is 1.54. The van der Waals surface area contributed by atoms with E-state index in [-0.39, 0.29) is 11.3 Å². The number of halogens is 5. The number of hydrogen-bond donors (Lipinski definition) is 0. The second kappa shape index (κ2) is 5.32. The third-order valence-corrected chi connectivity index (χ3v) is 2.97. The van der Waals surface area contributed by atoms with Crippen LogP contribution in [0, 0.1) is 5.82 Å². The predicted molar refractivity (Wildman–Crippen MR) is 66.8 cm³/mol. The van der Waals surface area contributed by atoms with Gasteiger partial charge >= 0.3 is 6.18 Å². The summed E-state index contributed by atoms with van der Waals surface area (Å²) in [4.78, 5) is 15.8. The number of aromatic nitrogens is 1. The van der Waals surface area contributed by atoms with Crippen LogP contribution in [-0.4, -0.2) is 10.8 Å². The summed E-state index contributed by atoms with van der Waals surface area (Å²) in [6.45, 7) is 0. The zero-order chi connectivity index (χ0) is 14.9. The van der Waals surface area contributed by atoms with Gasteiger partial charge in [0.05, 0.1) is 5.56 Å². The quantitative estimate of drug-likeness (QED) is 0.601. The molecule has 1 heterocycles. The Kier molecular flexibility index (Phi) is 3.89. The van der Waals surface area contributed by atoms with Gasteiger partial charge in [-0.2, -0.15) is 13.2 Å². The highest BCUT2D eigenvalue weighted by Gasteiger charge is 2.34. The van der Waals surface area contributed by atoms with Crippen LogP contribution in [0.3, 0.4) is 0 Å². The van der Waals surface area contributed by atoms with E-state index in [9.17, 15) is 22.4 Å². The lowest BCUT2D eigenvalue weighted by molar-refractivity contribution is -0.140. The minimum absolute atomic E-state index is 0.0207. The first-order valence-corrected chi connectivity index (χ1v) is 6.11. The highest BCUT2D eigenvalue weighted by Crippen LogP contribution is 2.31. The molecule has 0 aliphatic heterocycles. The number of carbonyl (C=O) groups is 1. The summed E-state index contributed by atoms with van der Waals surface area (Å²) in [6, 6.07) is 4.98. The molecule has 104 valence electrons. The Labute approximate surface area is 119 Å². The van der Waals surface area contributed by atoms with Crippen molar-refractivity contribution >= 4 is 21.7 Å². The normalized spacial score (nSPS) is 11.4. The topological polar surface area (TPSA) is 30.0 Å². The molecule has 0 saturated carbocycles. The molecule has 0 fully saturated rings. The van der Waals surface area contributed by atoms with E-state index in [1.807, 2.05) is 0 Å². The molecule has 20 heavy (non-hydrogen) atoms. The van der Waals surface area contributed by atoms with Crippen LogP contribution in [0.1, 0.15) is 21.6 Å². The lowest BCUT2D eigenvalue weighted by Crippen LogP contribution is -2.10. The first-order valence-electron chi connectivity index (χ1n) is 5.32. The molecule has 1 aromatic heterocycles. The predicted octanol–water partition coefficient (Wildman–Crippen LogP) is 4.23. The number of ketones is 1. The monoisotopic (exact) mass is 347 g/mol. The maximum Gasteiger partial charge on any atom is 0.419 e. The summed E-state index contributed by atoms with van der Waals surface area (Å²) in [5.74, 6) is -2.13. The van der Waals surface area contributed by atoms with E-state index in [0.29, 0.717) is 16.6 Å². The minimum Gasteiger partial charge on any atom is -0.287 e. The van der Waals surface area contributed by atoms with Gasteiger partial charge in [0.1, 0.15) is 11.5 Å². The van der Waals surface area contributed by atoms with E-state index in [2.05, 4.69) is 20.9 Å². The molecule has 7 heteroatoms. The molecule has 0 amide bonds. The van der Waals surface area contributed by atoms with E-state index >= 15 is 0 Å². The summed E-state index contributed by atoms with van der Waals surface area (Å²) in [5, 5.41) is 0. The Balaban J connectivity index is 2.37. The first-order chi connectivity index (χ1) is 9.29. The highest BCUT2D eigenvalue weighted by atomic mass is 79.9. The molecule has 1 aromatic carbocycles. The van der Waals surface area contributed by atoms with Gasteiger partial charge in [-0.1, -0.05) is 6.07 Å². The van der Waals surface area contributed by atoms with Gasteiger partial charge in [0.25, 0.3) is 0 Å². The second-order valence-electron chi connectivity index (χ2n) is 3.88. The van der Waals surface area contributed by atoms with Crippen LogP contribution >= 0.6 is 15.9 Å². The molecule has 2 rings (SSSR count). The van der Waals surface area contributed by atoms with Crippen LogP contribution in [0.4, 0.5) is 17.6 Å². The Morgan fingerprint density at radius 1 is 1.15 bits per heavy atom. The lowest BCUT2D eigenvalue weighted by atomic mass is 10.0. The van der Waals surface area contributed by atoms with Crippen LogP contribution in [0.5, 0.6) is 0 Å². The summed E-state index contributed by atoms with van der Waals surface area (Å²) in [6.07, 6.45) is -3.42. The van der Waals surface area contributed by atoms with E-state index in [0.717, 1.165) is 6.07 Å². The van der Waals surface area contributed by atoms with Crippen molar-refractivity contribution in [1.29, 1.82) is 0 Å². The number of benzene rings is 1. The molecule has 0 radical (unpaired) electrons. The van der Waals surface area contributed by atoms with E-state index in [1.165, 1.54) is 12.3 Å². The first kappa shape index (κ1) is 14.6. The van der Waals surface area contributed by atoms with Gasteiger partial charge < -0.3 is 0 Å². The molecule has 2 aromatic rings. The van der Waals surface area contributed by atoms with Gasteiger partial charge in [0.15, 0.2) is 0 Å². The molecule has 2 nitrogen and oxygen atoms in total. The maximum atomic E-state index is 13.4. The Morgan fingerprint density at radius 3 is 2.35 bits per heavy atom. The summed E-state index contributed by atoms with van der Waals surface area (Å²) < 4.78 is 51.3. The average Bonchev–Trinajstić information content (AvgIpc) is 2.37. The molecule has 0 atom stereocenters. The third kappa shape index (κ3) is 3.04. The molecular weight excluding hydrogens is 342 g/mol. The van der Waals surface area contributed by atoms with Crippen LogP contribution < -0.4 is 0 Å². The van der Waals surface area contributed by atoms with E-state index in [4.69, 9.17) is 0 Å². The van der Waals surface area contributed by atoms with Crippen LogP contribution in [0.25, 0.3) is 0 Å². The van der Waals surface area contributed by atoms with Gasteiger partial charge in [-0.05, 0) is 40.2 Å². The molecule has 0 aliphatic rings. The standard InChI is InChI=1S/C13H6BrF4NO/c14-8-2-4-11(19-6-8)12(20)7-1-3-9(10(15)5-7)13(16,17)18/h1-6H. The van der Waals surface area contributed by atoms with E-state index in [1.54, 1.807) is 6.07 Å². The van der Waals surface area contributed by atoms with Crippen molar-refractivity contribution in [1.82, 2.24) is 4.98 Å². The lowest BCUT2D eigenvalue weighted by Gasteiger charge is -2.08. The number of alkyl halides is 3. The molecule has 0 saturated heterocycles. The highest BCUT2D eigenvalue weighted by molar-refractivity contribution is 9.10. The second-order valence-corrected chi connectivity index (χ2v) is 4.80. The van der Waals surface area contributed by atoms with Crippen LogP contribution in [-0.2, 0) is 6.18 Å². The van der Waals surface area contributed by atoms with Crippen molar-refractivity contribution in [3.8, 4) is 0 Å². The molecule has 0 bridgehead atoms. The van der Waals surface area contributed by atoms with Crippen molar-refractivity contribution in [2.24, 2.45) is 0 Å². The van der Waals surface area contributed by atoms with E-state index < -0.39 is 23.3 Å². The van der Waals surface area contributed by atoms with Gasteiger partial charge in [-0.15, -0.1) is 0 Å². The van der Waals surface area contributed by atoms with Gasteiger partial charge in [-0.3, -0.25) is 9.78 Å². The number of nitrogens with zero attached hydrogens (tertiary/aromatic N) is 1. The van der Waals surface area contributed by atoms with Crippen molar-refractivity contribution in [3.63, 3.8) is 0 Å². The third-order valence-electron chi connectivity index (χ3n) is 2.50. The van der Waals surface area contributed by atoms with Crippen LogP contribution in [0.2, 0.25) is 0 Å². The molecular formula is C13H6BrF4NO. The van der Waals surface area contributed by atoms with Crippen molar-refractivity contribution in [2.45, 2.75) is 6.18 Å². The Hall–Kier alpha value is -1.76. The Morgan fingerprint density at radius 2 is 1.85 bits per heavy atom. The van der Waals surface area contributed by atoms with Gasteiger partial charge in [-0.25, -0.2) is 4.39 Å². The molecule has 0 N–H and O–H groups in total. The fourth-order valence-corrected chi connectivity index (χ4v) is 1.78. The zero-order valence-electron chi connectivity index (χ0n) is 9.71. The van der Waals surface area contributed by atoms with Crippen molar-refractivity contribution in [3.05, 3.63) is 63.6 Å². The summed E-state index contributed by atoms with van der Waals surface area (Å²) >= 11 is 3.13. The number of rotatable bonds is 2. The summed E-state index contributed by atoms with van der Waals surface area (Å²) in [7, 11) is 0. The average molecular weight is 348 g/mol. The Bertz CT molecular complexity index is 652. The molecule has 0 unspecified atom stereocenters. The number of pyridine rings is 1. The molecule has 0 spiro atoms. The van der Waals surface area contributed by atoms with Crippen molar-refractivity contribution < 1.29 is 22.4 Å². The summed E-state index contributed by atoms with van der Waals surface area (Å²) in [5.41, 5.74) is -1.57. The largest absolute Gasteiger partial charge is 0.419 e. The maximum absolute atomic E-state index is 13.4. The number of carbonyl (C=O) groups excluding carboxylic acids is 1. The SMILES string of the molecule is O=C(c1ccc(C(F)(F)F)c(F)c1)c1ccc(Br)cn1. The zero-order valence-corrected chi connectivity index (χ0v) is 11.3.